The highest BCUT2D eigenvalue weighted by Gasteiger charge is 2.21. The summed E-state index contributed by atoms with van der Waals surface area (Å²) in [6.45, 7) is -0.404. The number of aliphatic carboxylic acids is 1. The fraction of sp³-hybridized carbons (Fsp3) is 0.115. The SMILES string of the molecule is O=C(COc1ccc2c(-c3ccccc3)cc(=O)oc2c1)NC(Cc1ccc(Cl)cc1)C(=O)O. The summed E-state index contributed by atoms with van der Waals surface area (Å²) in [5.41, 5.74) is 2.12. The summed E-state index contributed by atoms with van der Waals surface area (Å²) in [7, 11) is 0. The predicted octanol–water partition coefficient (Wildman–Crippen LogP) is 4.30. The van der Waals surface area contributed by atoms with Crippen LogP contribution in [-0.2, 0) is 16.0 Å². The van der Waals surface area contributed by atoms with Crippen LogP contribution in [0.25, 0.3) is 22.1 Å². The average Bonchev–Trinajstić information content (AvgIpc) is 2.83. The van der Waals surface area contributed by atoms with Gasteiger partial charge in [-0.05, 0) is 41.0 Å². The molecule has 0 spiro atoms. The second kappa shape index (κ2) is 10.2. The predicted molar refractivity (Wildman–Crippen MR) is 128 cm³/mol. The second-order valence-corrected chi connectivity index (χ2v) is 8.02. The number of ether oxygens (including phenoxy) is 1. The van der Waals surface area contributed by atoms with E-state index >= 15 is 0 Å². The van der Waals surface area contributed by atoms with Gasteiger partial charge in [0.15, 0.2) is 6.61 Å². The molecule has 0 aliphatic carbocycles. The molecule has 34 heavy (non-hydrogen) atoms. The Bertz CT molecular complexity index is 1380. The number of halogens is 1. The average molecular weight is 478 g/mol. The highest BCUT2D eigenvalue weighted by Crippen LogP contribution is 2.29. The fourth-order valence-corrected chi connectivity index (χ4v) is 3.66. The van der Waals surface area contributed by atoms with Crippen LogP contribution in [0.15, 0.2) is 88.1 Å². The minimum Gasteiger partial charge on any atom is -0.484 e. The van der Waals surface area contributed by atoms with Crippen LogP contribution in [0.4, 0.5) is 0 Å². The van der Waals surface area contributed by atoms with Crippen LogP contribution in [0, 0.1) is 0 Å². The Hall–Kier alpha value is -4.10. The van der Waals surface area contributed by atoms with Crippen molar-refractivity contribution in [2.45, 2.75) is 12.5 Å². The monoisotopic (exact) mass is 477 g/mol. The summed E-state index contributed by atoms with van der Waals surface area (Å²) >= 11 is 5.85. The largest absolute Gasteiger partial charge is 0.484 e. The Balaban J connectivity index is 1.45. The van der Waals surface area contributed by atoms with E-state index in [4.69, 9.17) is 20.8 Å². The van der Waals surface area contributed by atoms with Crippen LogP contribution < -0.4 is 15.7 Å². The molecule has 0 aliphatic rings. The van der Waals surface area contributed by atoms with E-state index in [-0.39, 0.29) is 6.42 Å². The van der Waals surface area contributed by atoms with Gasteiger partial charge in [-0.3, -0.25) is 4.79 Å². The van der Waals surface area contributed by atoms with Crippen molar-refractivity contribution < 1.29 is 23.8 Å². The van der Waals surface area contributed by atoms with E-state index in [0.29, 0.717) is 16.4 Å². The van der Waals surface area contributed by atoms with Crippen LogP contribution in [0.1, 0.15) is 5.56 Å². The molecular formula is C26H20ClNO6. The fourth-order valence-electron chi connectivity index (χ4n) is 3.53. The van der Waals surface area contributed by atoms with Crippen molar-refractivity contribution in [3.63, 3.8) is 0 Å². The molecule has 4 rings (SSSR count). The second-order valence-electron chi connectivity index (χ2n) is 7.58. The third-order valence-electron chi connectivity index (χ3n) is 5.16. The van der Waals surface area contributed by atoms with Gasteiger partial charge in [-0.1, -0.05) is 54.1 Å². The molecule has 7 nitrogen and oxygen atoms in total. The molecule has 1 heterocycles. The minimum absolute atomic E-state index is 0.0988. The molecule has 0 saturated heterocycles. The molecule has 0 aliphatic heterocycles. The molecule has 0 radical (unpaired) electrons. The topological polar surface area (TPSA) is 106 Å². The van der Waals surface area contributed by atoms with Gasteiger partial charge >= 0.3 is 11.6 Å². The maximum absolute atomic E-state index is 12.3. The van der Waals surface area contributed by atoms with Gasteiger partial charge in [0.05, 0.1) is 0 Å². The molecule has 3 aromatic carbocycles. The lowest BCUT2D eigenvalue weighted by Gasteiger charge is -2.15. The van der Waals surface area contributed by atoms with Crippen LogP contribution in [0.2, 0.25) is 5.02 Å². The zero-order chi connectivity index (χ0) is 24.1. The molecule has 0 fully saturated rings. The number of rotatable bonds is 8. The van der Waals surface area contributed by atoms with Gasteiger partial charge in [0.2, 0.25) is 0 Å². The Morgan fingerprint density at radius 3 is 2.44 bits per heavy atom. The number of nitrogens with one attached hydrogen (secondary N) is 1. The summed E-state index contributed by atoms with van der Waals surface area (Å²) < 4.78 is 10.8. The van der Waals surface area contributed by atoms with E-state index in [1.807, 2.05) is 30.3 Å². The van der Waals surface area contributed by atoms with E-state index in [9.17, 15) is 19.5 Å². The van der Waals surface area contributed by atoms with Crippen LogP contribution in [0.5, 0.6) is 5.75 Å². The van der Waals surface area contributed by atoms with Crippen LogP contribution in [0.3, 0.4) is 0 Å². The van der Waals surface area contributed by atoms with Gasteiger partial charge in [-0.2, -0.15) is 0 Å². The first kappa shape index (κ1) is 23.1. The van der Waals surface area contributed by atoms with E-state index in [2.05, 4.69) is 5.32 Å². The molecule has 1 unspecified atom stereocenters. The molecular weight excluding hydrogens is 458 g/mol. The molecule has 1 aromatic heterocycles. The number of hydrogen-bond acceptors (Lipinski definition) is 5. The Labute approximate surface area is 199 Å². The van der Waals surface area contributed by atoms with Gasteiger partial charge < -0.3 is 19.6 Å². The molecule has 1 atom stereocenters. The molecule has 8 heteroatoms. The Kier molecular flexibility index (Phi) is 6.94. The zero-order valence-electron chi connectivity index (χ0n) is 17.9. The van der Waals surface area contributed by atoms with E-state index in [1.54, 1.807) is 36.4 Å². The molecule has 1 amide bonds. The van der Waals surface area contributed by atoms with Gasteiger partial charge in [-0.15, -0.1) is 0 Å². The number of fused-ring (bicyclic) bond motifs is 1. The number of benzene rings is 3. The van der Waals surface area contributed by atoms with E-state index < -0.39 is 30.2 Å². The number of carbonyl (C=O) groups is 2. The Morgan fingerprint density at radius 2 is 1.74 bits per heavy atom. The summed E-state index contributed by atoms with van der Waals surface area (Å²) in [5, 5.41) is 13.2. The van der Waals surface area contributed by atoms with Crippen LogP contribution >= 0.6 is 11.6 Å². The standard InChI is InChI=1S/C26H20ClNO6/c27-18-8-6-16(7-9-18)12-22(26(31)32)28-24(29)15-33-19-10-11-20-21(17-4-2-1-3-5-17)14-25(30)34-23(20)13-19/h1-11,13-14,22H,12,15H2,(H,28,29)(H,31,32). The van der Waals surface area contributed by atoms with Crippen molar-refractivity contribution in [3.8, 4) is 16.9 Å². The summed E-state index contributed by atoms with van der Waals surface area (Å²) in [4.78, 5) is 36.0. The van der Waals surface area contributed by atoms with Crippen molar-refractivity contribution in [2.75, 3.05) is 6.61 Å². The van der Waals surface area contributed by atoms with Crippen molar-refractivity contribution in [1.29, 1.82) is 0 Å². The van der Waals surface area contributed by atoms with Crippen molar-refractivity contribution in [3.05, 3.63) is 99.9 Å². The first-order valence-corrected chi connectivity index (χ1v) is 10.8. The van der Waals surface area contributed by atoms with Crippen molar-refractivity contribution >= 4 is 34.4 Å². The highest BCUT2D eigenvalue weighted by atomic mass is 35.5. The maximum atomic E-state index is 12.3. The summed E-state index contributed by atoms with van der Waals surface area (Å²) in [6, 6.07) is 21.4. The third-order valence-corrected chi connectivity index (χ3v) is 5.41. The van der Waals surface area contributed by atoms with Crippen LogP contribution in [-0.4, -0.2) is 29.6 Å². The lowest BCUT2D eigenvalue weighted by molar-refractivity contribution is -0.142. The van der Waals surface area contributed by atoms with Crippen molar-refractivity contribution in [1.82, 2.24) is 5.32 Å². The number of amides is 1. The van der Waals surface area contributed by atoms with Gasteiger partial charge in [0.1, 0.15) is 17.4 Å². The lowest BCUT2D eigenvalue weighted by atomic mass is 10.0. The quantitative estimate of drug-likeness (QED) is 0.366. The number of carboxylic acids is 1. The molecule has 2 N–H and O–H groups in total. The molecule has 4 aromatic rings. The van der Waals surface area contributed by atoms with E-state index in [1.165, 1.54) is 12.1 Å². The normalized spacial score (nSPS) is 11.7. The van der Waals surface area contributed by atoms with Gasteiger partial charge in [0, 0.05) is 29.0 Å². The first-order valence-electron chi connectivity index (χ1n) is 10.4. The number of carbonyl (C=O) groups excluding carboxylic acids is 1. The molecule has 0 bridgehead atoms. The first-order chi connectivity index (χ1) is 16.4. The smallest absolute Gasteiger partial charge is 0.336 e. The van der Waals surface area contributed by atoms with E-state index in [0.717, 1.165) is 22.1 Å². The van der Waals surface area contributed by atoms with Gasteiger partial charge in [-0.25, -0.2) is 9.59 Å². The summed E-state index contributed by atoms with van der Waals surface area (Å²) in [6.07, 6.45) is 0.0988. The molecule has 172 valence electrons. The zero-order valence-corrected chi connectivity index (χ0v) is 18.6. The lowest BCUT2D eigenvalue weighted by Crippen LogP contribution is -2.44. The highest BCUT2D eigenvalue weighted by molar-refractivity contribution is 6.30. The Morgan fingerprint density at radius 1 is 1.00 bits per heavy atom. The minimum atomic E-state index is -1.16. The van der Waals surface area contributed by atoms with Gasteiger partial charge in [0.25, 0.3) is 5.91 Å². The summed E-state index contributed by atoms with van der Waals surface area (Å²) in [5.74, 6) is -1.45. The van der Waals surface area contributed by atoms with Crippen molar-refractivity contribution in [2.24, 2.45) is 0 Å². The number of hydrogen-bond donors (Lipinski definition) is 2. The maximum Gasteiger partial charge on any atom is 0.336 e. The molecule has 0 saturated carbocycles. The number of carboxylic acid groups (broad SMARTS) is 1. The third kappa shape index (κ3) is 5.63.